The SMILES string of the molecule is CCNC1CCCCCCC1CC.CCO. The van der Waals surface area contributed by atoms with Crippen molar-refractivity contribution in [1.82, 2.24) is 5.32 Å². The maximum atomic E-state index is 7.57. The van der Waals surface area contributed by atoms with Gasteiger partial charge < -0.3 is 10.4 Å². The van der Waals surface area contributed by atoms with Crippen LogP contribution in [0.15, 0.2) is 0 Å². The van der Waals surface area contributed by atoms with Crippen molar-refractivity contribution in [1.29, 1.82) is 0 Å². The number of nitrogens with one attached hydrogen (secondary N) is 1. The van der Waals surface area contributed by atoms with E-state index in [9.17, 15) is 0 Å². The maximum absolute atomic E-state index is 7.57. The van der Waals surface area contributed by atoms with E-state index >= 15 is 0 Å². The van der Waals surface area contributed by atoms with Crippen LogP contribution in [0.5, 0.6) is 0 Å². The van der Waals surface area contributed by atoms with Gasteiger partial charge in [-0.1, -0.05) is 46.0 Å². The lowest BCUT2D eigenvalue weighted by molar-refractivity contribution is 0.281. The van der Waals surface area contributed by atoms with Crippen molar-refractivity contribution in [3.63, 3.8) is 0 Å². The van der Waals surface area contributed by atoms with Crippen LogP contribution in [0.1, 0.15) is 65.7 Å². The first kappa shape index (κ1) is 15.9. The van der Waals surface area contributed by atoms with Crippen molar-refractivity contribution in [3.8, 4) is 0 Å². The number of rotatable bonds is 3. The van der Waals surface area contributed by atoms with E-state index in [1.807, 2.05) is 0 Å². The molecule has 0 spiro atoms. The molecule has 0 aromatic carbocycles. The molecule has 1 saturated carbocycles. The van der Waals surface area contributed by atoms with Gasteiger partial charge in [-0.25, -0.2) is 0 Å². The summed E-state index contributed by atoms with van der Waals surface area (Å²) in [6, 6.07) is 0.815. The third-order valence-electron chi connectivity index (χ3n) is 3.40. The lowest BCUT2D eigenvalue weighted by atomic mass is 9.85. The minimum absolute atomic E-state index is 0.250. The molecule has 0 aromatic heterocycles. The molecular formula is C14H31NO. The molecule has 2 N–H and O–H groups in total. The first-order valence-corrected chi connectivity index (χ1v) is 7.14. The zero-order valence-corrected chi connectivity index (χ0v) is 11.5. The number of aliphatic hydroxyl groups excluding tert-OH is 1. The second-order valence-corrected chi connectivity index (χ2v) is 4.64. The standard InChI is InChI=1S/C12H25N.C2H6O/c1-3-11-9-7-5-6-8-10-12(11)13-4-2;1-2-3/h11-13H,3-10H2,1-2H3;3H,2H2,1H3. The van der Waals surface area contributed by atoms with Crippen LogP contribution in [0, 0.1) is 5.92 Å². The second kappa shape index (κ2) is 11.4. The van der Waals surface area contributed by atoms with E-state index in [0.717, 1.165) is 18.5 Å². The molecule has 0 aromatic rings. The van der Waals surface area contributed by atoms with E-state index in [4.69, 9.17) is 5.11 Å². The van der Waals surface area contributed by atoms with Gasteiger partial charge in [0, 0.05) is 12.6 Å². The molecule has 2 atom stereocenters. The highest BCUT2D eigenvalue weighted by molar-refractivity contribution is 4.77. The quantitative estimate of drug-likeness (QED) is 0.778. The van der Waals surface area contributed by atoms with Crippen molar-refractivity contribution < 1.29 is 5.11 Å². The summed E-state index contributed by atoms with van der Waals surface area (Å²) in [5.74, 6) is 0.945. The van der Waals surface area contributed by atoms with E-state index in [1.54, 1.807) is 6.92 Å². The summed E-state index contributed by atoms with van der Waals surface area (Å²) in [4.78, 5) is 0. The molecule has 0 heterocycles. The van der Waals surface area contributed by atoms with E-state index in [0.29, 0.717) is 0 Å². The van der Waals surface area contributed by atoms with Gasteiger partial charge in [0.2, 0.25) is 0 Å². The summed E-state index contributed by atoms with van der Waals surface area (Å²) in [6.45, 7) is 7.64. The molecule has 0 saturated heterocycles. The van der Waals surface area contributed by atoms with Gasteiger partial charge in [0.15, 0.2) is 0 Å². The minimum Gasteiger partial charge on any atom is -0.397 e. The fourth-order valence-electron chi connectivity index (χ4n) is 2.58. The molecule has 2 unspecified atom stereocenters. The average molecular weight is 229 g/mol. The Morgan fingerprint density at radius 1 is 1.00 bits per heavy atom. The molecule has 98 valence electrons. The molecule has 2 nitrogen and oxygen atoms in total. The van der Waals surface area contributed by atoms with E-state index < -0.39 is 0 Å². The van der Waals surface area contributed by atoms with Crippen LogP contribution in [0.4, 0.5) is 0 Å². The Morgan fingerprint density at radius 2 is 1.56 bits per heavy atom. The zero-order chi connectivity index (χ0) is 12.2. The average Bonchev–Trinajstić information content (AvgIpc) is 2.24. The Balaban J connectivity index is 0.000000673. The van der Waals surface area contributed by atoms with Crippen LogP contribution in [-0.4, -0.2) is 24.3 Å². The molecule has 0 radical (unpaired) electrons. The fraction of sp³-hybridized carbons (Fsp3) is 1.00. The van der Waals surface area contributed by atoms with Crippen molar-refractivity contribution in [2.24, 2.45) is 5.92 Å². The van der Waals surface area contributed by atoms with Gasteiger partial charge in [0.05, 0.1) is 0 Å². The summed E-state index contributed by atoms with van der Waals surface area (Å²) < 4.78 is 0. The topological polar surface area (TPSA) is 32.3 Å². The predicted molar refractivity (Wildman–Crippen MR) is 71.7 cm³/mol. The molecular weight excluding hydrogens is 198 g/mol. The second-order valence-electron chi connectivity index (χ2n) is 4.64. The fourth-order valence-corrected chi connectivity index (χ4v) is 2.58. The summed E-state index contributed by atoms with van der Waals surface area (Å²) in [6.07, 6.45) is 10.0. The van der Waals surface area contributed by atoms with Crippen LogP contribution in [0.3, 0.4) is 0 Å². The summed E-state index contributed by atoms with van der Waals surface area (Å²) >= 11 is 0. The van der Waals surface area contributed by atoms with Gasteiger partial charge in [0.25, 0.3) is 0 Å². The highest BCUT2D eigenvalue weighted by Gasteiger charge is 2.19. The molecule has 1 fully saturated rings. The van der Waals surface area contributed by atoms with Crippen molar-refractivity contribution >= 4 is 0 Å². The van der Waals surface area contributed by atoms with Crippen molar-refractivity contribution in [2.45, 2.75) is 71.8 Å². The van der Waals surface area contributed by atoms with Crippen LogP contribution in [-0.2, 0) is 0 Å². The lowest BCUT2D eigenvalue weighted by Crippen LogP contribution is -2.36. The van der Waals surface area contributed by atoms with Gasteiger partial charge >= 0.3 is 0 Å². The Bertz CT molecular complexity index is 139. The van der Waals surface area contributed by atoms with Crippen LogP contribution in [0.2, 0.25) is 0 Å². The molecule has 0 amide bonds. The predicted octanol–water partition coefficient (Wildman–Crippen LogP) is 3.34. The molecule has 0 bridgehead atoms. The van der Waals surface area contributed by atoms with Crippen LogP contribution >= 0.6 is 0 Å². The number of hydrogen-bond acceptors (Lipinski definition) is 2. The van der Waals surface area contributed by atoms with Gasteiger partial charge in [-0.05, 0) is 32.2 Å². The van der Waals surface area contributed by atoms with Crippen molar-refractivity contribution in [3.05, 3.63) is 0 Å². The molecule has 2 heteroatoms. The third kappa shape index (κ3) is 7.24. The third-order valence-corrected chi connectivity index (χ3v) is 3.40. The van der Waals surface area contributed by atoms with E-state index in [1.165, 1.54) is 44.9 Å². The molecule has 0 aliphatic heterocycles. The van der Waals surface area contributed by atoms with Gasteiger partial charge in [-0.2, -0.15) is 0 Å². The van der Waals surface area contributed by atoms with Gasteiger partial charge in [-0.15, -0.1) is 0 Å². The first-order valence-electron chi connectivity index (χ1n) is 7.14. The first-order chi connectivity index (χ1) is 7.79. The highest BCUT2D eigenvalue weighted by atomic mass is 16.2. The molecule has 1 rings (SSSR count). The largest absolute Gasteiger partial charge is 0.397 e. The molecule has 1 aliphatic rings. The Morgan fingerprint density at radius 3 is 2.06 bits per heavy atom. The summed E-state index contributed by atoms with van der Waals surface area (Å²) in [5, 5.41) is 11.2. The zero-order valence-electron chi connectivity index (χ0n) is 11.5. The van der Waals surface area contributed by atoms with E-state index in [-0.39, 0.29) is 6.61 Å². The number of aliphatic hydroxyl groups is 1. The molecule has 1 aliphatic carbocycles. The smallest absolute Gasteiger partial charge is 0.0402 e. The maximum Gasteiger partial charge on any atom is 0.0402 e. The minimum atomic E-state index is 0.250. The monoisotopic (exact) mass is 229 g/mol. The van der Waals surface area contributed by atoms with Crippen LogP contribution < -0.4 is 5.32 Å². The normalized spacial score (nSPS) is 26.2. The van der Waals surface area contributed by atoms with Gasteiger partial charge in [0.1, 0.15) is 0 Å². The summed E-state index contributed by atoms with van der Waals surface area (Å²) in [5.41, 5.74) is 0. The number of hydrogen-bond donors (Lipinski definition) is 2. The Labute approximate surface area is 102 Å². The highest BCUT2D eigenvalue weighted by Crippen LogP contribution is 2.24. The van der Waals surface area contributed by atoms with Crippen LogP contribution in [0.25, 0.3) is 0 Å². The molecule has 16 heavy (non-hydrogen) atoms. The Kier molecular flexibility index (Phi) is 11.3. The summed E-state index contributed by atoms with van der Waals surface area (Å²) in [7, 11) is 0. The lowest BCUT2D eigenvalue weighted by Gasteiger charge is -2.29. The van der Waals surface area contributed by atoms with Gasteiger partial charge in [-0.3, -0.25) is 0 Å². The van der Waals surface area contributed by atoms with Crippen molar-refractivity contribution in [2.75, 3.05) is 13.2 Å². The Hall–Kier alpha value is -0.0800. The van der Waals surface area contributed by atoms with E-state index in [2.05, 4.69) is 19.2 Å².